The van der Waals surface area contributed by atoms with Crippen molar-refractivity contribution in [2.24, 2.45) is 5.10 Å². The molecule has 1 atom stereocenters. The molecule has 5 heteroatoms. The quantitative estimate of drug-likeness (QED) is 0.335. The number of rotatable bonds is 8. The van der Waals surface area contributed by atoms with Crippen LogP contribution < -0.4 is 10.2 Å². The number of hydrogen-bond donors (Lipinski definition) is 1. The van der Waals surface area contributed by atoms with Gasteiger partial charge in [-0.3, -0.25) is 4.79 Å². The maximum atomic E-state index is 12.1. The normalized spacial score (nSPS) is 11.9. The molecule has 0 aliphatic heterocycles. The third kappa shape index (κ3) is 6.47. The van der Waals surface area contributed by atoms with Crippen LogP contribution in [0.3, 0.4) is 0 Å². The lowest BCUT2D eigenvalue weighted by molar-refractivity contribution is -0.120. The number of carbonyl (C=O) groups is 1. The number of hydrogen-bond acceptors (Lipinski definition) is 4. The fraction of sp³-hybridized carbons (Fsp3) is 0.200. The molecule has 130 valence electrons. The molecule has 1 N–H and O–H groups in total. The summed E-state index contributed by atoms with van der Waals surface area (Å²) >= 11 is 1.50. The number of benzene rings is 2. The van der Waals surface area contributed by atoms with E-state index in [1.54, 1.807) is 12.3 Å². The summed E-state index contributed by atoms with van der Waals surface area (Å²) < 4.78 is 5.47. The van der Waals surface area contributed by atoms with Crippen molar-refractivity contribution in [1.29, 1.82) is 0 Å². The Balaban J connectivity index is 1.86. The van der Waals surface area contributed by atoms with Gasteiger partial charge in [0.05, 0.1) is 11.5 Å². The summed E-state index contributed by atoms with van der Waals surface area (Å²) in [7, 11) is 0. The van der Waals surface area contributed by atoms with Gasteiger partial charge in [-0.25, -0.2) is 5.43 Å². The summed E-state index contributed by atoms with van der Waals surface area (Å²) in [5.41, 5.74) is 4.63. The molecule has 0 bridgehead atoms. The predicted octanol–water partition coefficient (Wildman–Crippen LogP) is 4.19. The molecule has 0 aliphatic carbocycles. The number of aryl methyl sites for hydroxylation is 1. The number of thioether (sulfide) groups is 1. The van der Waals surface area contributed by atoms with E-state index in [-0.39, 0.29) is 11.2 Å². The van der Waals surface area contributed by atoms with Gasteiger partial charge in [-0.2, -0.15) is 5.10 Å². The van der Waals surface area contributed by atoms with Crippen molar-refractivity contribution in [2.45, 2.75) is 24.0 Å². The lowest BCUT2D eigenvalue weighted by atomic mass is 10.2. The largest absolute Gasteiger partial charge is 0.490 e. The van der Waals surface area contributed by atoms with Crippen LogP contribution in [0.25, 0.3) is 0 Å². The Bertz CT molecular complexity index is 742. The Kier molecular flexibility index (Phi) is 7.29. The van der Waals surface area contributed by atoms with Crippen LogP contribution in [-0.4, -0.2) is 24.0 Å². The molecular weight excluding hydrogens is 332 g/mol. The predicted molar refractivity (Wildman–Crippen MR) is 104 cm³/mol. The molecule has 0 unspecified atom stereocenters. The summed E-state index contributed by atoms with van der Waals surface area (Å²) in [5.74, 6) is 0.597. The molecule has 0 heterocycles. The molecule has 2 aromatic carbocycles. The Morgan fingerprint density at radius 1 is 1.32 bits per heavy atom. The molecule has 0 fully saturated rings. The summed E-state index contributed by atoms with van der Waals surface area (Å²) in [6.07, 6.45) is 3.29. The van der Waals surface area contributed by atoms with Gasteiger partial charge in [0.2, 0.25) is 0 Å². The molecule has 25 heavy (non-hydrogen) atoms. The first kappa shape index (κ1) is 18.8. The average molecular weight is 354 g/mol. The standard InChI is InChI=1S/C20H22N2O2S/c1-4-12-24-18-7-5-6-17(13-18)14-21-22-20(23)16(3)25-19-10-8-15(2)9-11-19/h4-11,13-14,16H,1,12H2,2-3H3,(H,22,23)/b21-14-/t16-/m0/s1. The lowest BCUT2D eigenvalue weighted by Crippen LogP contribution is -2.26. The highest BCUT2D eigenvalue weighted by Crippen LogP contribution is 2.23. The number of nitrogens with one attached hydrogen (secondary N) is 1. The van der Waals surface area contributed by atoms with E-state index in [1.807, 2.05) is 62.4 Å². The lowest BCUT2D eigenvalue weighted by Gasteiger charge is -2.09. The van der Waals surface area contributed by atoms with Gasteiger partial charge in [-0.1, -0.05) is 42.5 Å². The van der Waals surface area contributed by atoms with Crippen LogP contribution in [0.1, 0.15) is 18.1 Å². The molecule has 4 nitrogen and oxygen atoms in total. The van der Waals surface area contributed by atoms with Crippen molar-refractivity contribution in [1.82, 2.24) is 5.43 Å². The summed E-state index contributed by atoms with van der Waals surface area (Å²) in [5, 5.41) is 3.79. The maximum absolute atomic E-state index is 12.1. The van der Waals surface area contributed by atoms with Crippen LogP contribution in [0, 0.1) is 6.92 Å². The number of amides is 1. The first-order valence-electron chi connectivity index (χ1n) is 7.98. The summed E-state index contributed by atoms with van der Waals surface area (Å²) in [6.45, 7) is 7.97. The average Bonchev–Trinajstić information content (AvgIpc) is 2.62. The minimum Gasteiger partial charge on any atom is -0.490 e. The number of hydrazone groups is 1. The van der Waals surface area contributed by atoms with Gasteiger partial charge in [0.15, 0.2) is 0 Å². The minimum atomic E-state index is -0.234. The second-order valence-corrected chi connectivity index (χ2v) is 6.89. The fourth-order valence-electron chi connectivity index (χ4n) is 1.98. The first-order chi connectivity index (χ1) is 12.1. The highest BCUT2D eigenvalue weighted by molar-refractivity contribution is 8.00. The molecule has 0 saturated carbocycles. The highest BCUT2D eigenvalue weighted by Gasteiger charge is 2.13. The topological polar surface area (TPSA) is 50.7 Å². The summed E-state index contributed by atoms with van der Waals surface area (Å²) in [4.78, 5) is 13.2. The Labute approximate surface area is 153 Å². The fourth-order valence-corrected chi connectivity index (χ4v) is 2.84. The van der Waals surface area contributed by atoms with Crippen molar-refractivity contribution >= 4 is 23.9 Å². The van der Waals surface area contributed by atoms with E-state index >= 15 is 0 Å². The van der Waals surface area contributed by atoms with E-state index in [2.05, 4.69) is 17.1 Å². The highest BCUT2D eigenvalue weighted by atomic mass is 32.2. The Hall–Kier alpha value is -2.53. The van der Waals surface area contributed by atoms with Gasteiger partial charge >= 0.3 is 0 Å². The van der Waals surface area contributed by atoms with Crippen molar-refractivity contribution in [3.8, 4) is 5.75 Å². The number of ether oxygens (including phenoxy) is 1. The van der Waals surface area contributed by atoms with E-state index < -0.39 is 0 Å². The number of carbonyl (C=O) groups excluding carboxylic acids is 1. The molecular formula is C20H22N2O2S. The van der Waals surface area contributed by atoms with Crippen molar-refractivity contribution in [3.63, 3.8) is 0 Å². The van der Waals surface area contributed by atoms with Crippen LogP contribution in [0.5, 0.6) is 5.75 Å². The van der Waals surface area contributed by atoms with Gasteiger partial charge in [0.25, 0.3) is 5.91 Å². The Morgan fingerprint density at radius 3 is 2.80 bits per heavy atom. The molecule has 1 amide bonds. The molecule has 0 aromatic heterocycles. The van der Waals surface area contributed by atoms with E-state index in [4.69, 9.17) is 4.74 Å². The smallest absolute Gasteiger partial charge is 0.253 e. The van der Waals surface area contributed by atoms with Crippen molar-refractivity contribution in [2.75, 3.05) is 6.61 Å². The van der Waals surface area contributed by atoms with Crippen LogP contribution in [0.4, 0.5) is 0 Å². The third-order valence-corrected chi connectivity index (χ3v) is 4.43. The van der Waals surface area contributed by atoms with Crippen LogP contribution >= 0.6 is 11.8 Å². The van der Waals surface area contributed by atoms with Crippen LogP contribution in [0.2, 0.25) is 0 Å². The zero-order valence-electron chi connectivity index (χ0n) is 14.4. The molecule has 2 aromatic rings. The first-order valence-corrected chi connectivity index (χ1v) is 8.86. The monoisotopic (exact) mass is 354 g/mol. The molecule has 0 spiro atoms. The second kappa shape index (κ2) is 9.69. The molecule has 0 radical (unpaired) electrons. The van der Waals surface area contributed by atoms with Gasteiger partial charge in [-0.15, -0.1) is 11.8 Å². The molecule has 0 saturated heterocycles. The molecule has 0 aliphatic rings. The zero-order valence-corrected chi connectivity index (χ0v) is 15.3. The third-order valence-electron chi connectivity index (χ3n) is 3.32. The molecule has 2 rings (SSSR count). The van der Waals surface area contributed by atoms with E-state index in [1.165, 1.54) is 17.3 Å². The van der Waals surface area contributed by atoms with Gasteiger partial charge in [0, 0.05) is 4.90 Å². The van der Waals surface area contributed by atoms with Crippen molar-refractivity contribution in [3.05, 3.63) is 72.3 Å². The van der Waals surface area contributed by atoms with Gasteiger partial charge in [0.1, 0.15) is 12.4 Å². The Morgan fingerprint density at radius 2 is 2.08 bits per heavy atom. The van der Waals surface area contributed by atoms with E-state index in [9.17, 15) is 4.79 Å². The van der Waals surface area contributed by atoms with Gasteiger partial charge in [-0.05, 0) is 43.7 Å². The SMILES string of the molecule is C=CCOc1cccc(/C=N\NC(=O)[C@H](C)Sc2ccc(C)cc2)c1. The second-order valence-electron chi connectivity index (χ2n) is 5.48. The van der Waals surface area contributed by atoms with E-state index in [0.29, 0.717) is 6.61 Å². The van der Waals surface area contributed by atoms with Crippen molar-refractivity contribution < 1.29 is 9.53 Å². The number of nitrogens with zero attached hydrogens (tertiary/aromatic N) is 1. The maximum Gasteiger partial charge on any atom is 0.253 e. The summed E-state index contributed by atoms with van der Waals surface area (Å²) in [6, 6.07) is 15.6. The van der Waals surface area contributed by atoms with Crippen LogP contribution in [0.15, 0.2) is 71.2 Å². The van der Waals surface area contributed by atoms with E-state index in [0.717, 1.165) is 16.2 Å². The zero-order chi connectivity index (χ0) is 18.1. The van der Waals surface area contributed by atoms with Gasteiger partial charge < -0.3 is 4.74 Å². The minimum absolute atomic E-state index is 0.138. The van der Waals surface area contributed by atoms with Crippen LogP contribution in [-0.2, 0) is 4.79 Å².